The summed E-state index contributed by atoms with van der Waals surface area (Å²) in [6.45, 7) is 2.45. The number of anilines is 3. The number of nitrogens with two attached hydrogens (primary N) is 3. The van der Waals surface area contributed by atoms with E-state index in [-0.39, 0.29) is 6.04 Å². The maximum atomic E-state index is 6.06. The third-order valence-corrected chi connectivity index (χ3v) is 4.11. The number of hydrogen-bond donors (Lipinski definition) is 4. The van der Waals surface area contributed by atoms with Crippen LogP contribution in [0.3, 0.4) is 0 Å². The SMILES string of the molecule is CC(N)CNc1nc(N)c2nc(Cc3cc(Cl)ccc3N)n(C)c2n1. The van der Waals surface area contributed by atoms with Crippen LogP contribution in [0.15, 0.2) is 18.2 Å². The monoisotopic (exact) mass is 360 g/mol. The van der Waals surface area contributed by atoms with Crippen LogP contribution in [0.1, 0.15) is 18.3 Å². The summed E-state index contributed by atoms with van der Waals surface area (Å²) in [7, 11) is 1.88. The number of nitrogens with one attached hydrogen (secondary N) is 1. The second-order valence-corrected chi connectivity index (χ2v) is 6.51. The molecule has 132 valence electrons. The molecule has 0 aliphatic heterocycles. The predicted molar refractivity (Wildman–Crippen MR) is 102 cm³/mol. The number of benzene rings is 1. The maximum absolute atomic E-state index is 6.06. The fourth-order valence-electron chi connectivity index (χ4n) is 2.51. The van der Waals surface area contributed by atoms with Gasteiger partial charge < -0.3 is 27.1 Å². The van der Waals surface area contributed by atoms with Gasteiger partial charge in [-0.25, -0.2) is 4.98 Å². The summed E-state index contributed by atoms with van der Waals surface area (Å²) >= 11 is 6.06. The van der Waals surface area contributed by atoms with Crippen LogP contribution >= 0.6 is 11.6 Å². The van der Waals surface area contributed by atoms with E-state index in [0.717, 1.165) is 11.4 Å². The van der Waals surface area contributed by atoms with Crippen molar-refractivity contribution in [3.8, 4) is 0 Å². The average Bonchev–Trinajstić information content (AvgIpc) is 2.86. The van der Waals surface area contributed by atoms with Gasteiger partial charge in [-0.15, -0.1) is 0 Å². The van der Waals surface area contributed by atoms with E-state index in [1.807, 2.05) is 24.6 Å². The largest absolute Gasteiger partial charge is 0.398 e. The number of aromatic nitrogens is 4. The molecule has 9 heteroatoms. The van der Waals surface area contributed by atoms with Crippen LogP contribution in [0, 0.1) is 0 Å². The molecule has 3 rings (SSSR count). The summed E-state index contributed by atoms with van der Waals surface area (Å²) in [5, 5.41) is 3.70. The van der Waals surface area contributed by atoms with E-state index in [1.54, 1.807) is 12.1 Å². The van der Waals surface area contributed by atoms with Gasteiger partial charge in [-0.3, -0.25) is 0 Å². The van der Waals surface area contributed by atoms with E-state index in [4.69, 9.17) is 28.8 Å². The van der Waals surface area contributed by atoms with Gasteiger partial charge in [-0.1, -0.05) is 11.6 Å². The standard InChI is InChI=1S/C16H21ClN8/c1-8(18)7-21-16-23-14(20)13-15(24-16)25(2)12(22-13)6-9-5-10(17)3-4-11(9)19/h3-5,8H,6-7,18-19H2,1-2H3,(H3,20,21,23,24). The van der Waals surface area contributed by atoms with Gasteiger partial charge in [0.1, 0.15) is 5.82 Å². The molecule has 3 aromatic rings. The molecule has 1 atom stereocenters. The number of rotatable bonds is 5. The van der Waals surface area contributed by atoms with Gasteiger partial charge in [0.2, 0.25) is 5.95 Å². The van der Waals surface area contributed by atoms with Crippen molar-refractivity contribution >= 4 is 40.2 Å². The zero-order valence-corrected chi connectivity index (χ0v) is 14.9. The second kappa shape index (κ2) is 6.73. The first-order valence-electron chi connectivity index (χ1n) is 7.87. The van der Waals surface area contributed by atoms with Gasteiger partial charge in [0.25, 0.3) is 0 Å². The molecule has 0 saturated heterocycles. The lowest BCUT2D eigenvalue weighted by Crippen LogP contribution is -2.26. The van der Waals surface area contributed by atoms with E-state index < -0.39 is 0 Å². The Bertz CT molecular complexity index is 918. The molecular formula is C16H21ClN8. The lowest BCUT2D eigenvalue weighted by atomic mass is 10.1. The predicted octanol–water partition coefficient (Wildman–Crippen LogP) is 1.53. The third-order valence-electron chi connectivity index (χ3n) is 3.87. The van der Waals surface area contributed by atoms with Gasteiger partial charge in [-0.2, -0.15) is 9.97 Å². The summed E-state index contributed by atoms with van der Waals surface area (Å²) in [5.74, 6) is 1.52. The highest BCUT2D eigenvalue weighted by atomic mass is 35.5. The van der Waals surface area contributed by atoms with Gasteiger partial charge in [0, 0.05) is 36.8 Å². The number of imidazole rings is 1. The smallest absolute Gasteiger partial charge is 0.226 e. The molecular weight excluding hydrogens is 340 g/mol. The number of hydrogen-bond acceptors (Lipinski definition) is 7. The quantitative estimate of drug-likeness (QED) is 0.507. The minimum absolute atomic E-state index is 0.0200. The molecule has 1 unspecified atom stereocenters. The summed E-state index contributed by atoms with van der Waals surface area (Å²) in [6.07, 6.45) is 0.515. The topological polar surface area (TPSA) is 134 Å². The van der Waals surface area contributed by atoms with Gasteiger partial charge in [-0.05, 0) is 30.7 Å². The Hall–Kier alpha value is -2.58. The molecule has 25 heavy (non-hydrogen) atoms. The molecule has 0 aliphatic rings. The molecule has 2 aromatic heterocycles. The Balaban J connectivity index is 1.98. The molecule has 2 heterocycles. The Morgan fingerprint density at radius 2 is 2.00 bits per heavy atom. The van der Waals surface area contributed by atoms with Crippen LogP contribution in [-0.4, -0.2) is 32.1 Å². The highest BCUT2D eigenvalue weighted by molar-refractivity contribution is 6.30. The van der Waals surface area contributed by atoms with E-state index in [9.17, 15) is 0 Å². The number of fused-ring (bicyclic) bond motifs is 1. The first kappa shape index (κ1) is 17.2. The normalized spacial score (nSPS) is 12.5. The summed E-state index contributed by atoms with van der Waals surface area (Å²) in [4.78, 5) is 13.3. The molecule has 0 amide bonds. The lowest BCUT2D eigenvalue weighted by molar-refractivity contribution is 0.773. The van der Waals surface area contributed by atoms with Crippen molar-refractivity contribution in [2.24, 2.45) is 12.8 Å². The number of nitrogen functional groups attached to an aromatic ring is 2. The van der Waals surface area contributed by atoms with E-state index in [0.29, 0.717) is 46.6 Å². The first-order valence-corrected chi connectivity index (χ1v) is 8.25. The van der Waals surface area contributed by atoms with Crippen molar-refractivity contribution < 1.29 is 0 Å². The number of aryl methyl sites for hydroxylation is 1. The van der Waals surface area contributed by atoms with Crippen molar-refractivity contribution in [2.45, 2.75) is 19.4 Å². The van der Waals surface area contributed by atoms with Crippen molar-refractivity contribution in [3.05, 3.63) is 34.6 Å². The average molecular weight is 361 g/mol. The highest BCUT2D eigenvalue weighted by Gasteiger charge is 2.16. The van der Waals surface area contributed by atoms with Gasteiger partial charge in [0.05, 0.1) is 0 Å². The molecule has 0 aliphatic carbocycles. The molecule has 1 aromatic carbocycles. The fraction of sp³-hybridized carbons (Fsp3) is 0.312. The van der Waals surface area contributed by atoms with E-state index in [2.05, 4.69) is 20.3 Å². The summed E-state index contributed by atoms with van der Waals surface area (Å²) in [6, 6.07) is 5.36. The lowest BCUT2D eigenvalue weighted by Gasteiger charge is -2.08. The first-order chi connectivity index (χ1) is 11.8. The Morgan fingerprint density at radius 3 is 2.72 bits per heavy atom. The van der Waals surface area contributed by atoms with Crippen molar-refractivity contribution in [3.63, 3.8) is 0 Å². The van der Waals surface area contributed by atoms with E-state index >= 15 is 0 Å². The summed E-state index contributed by atoms with van der Waals surface area (Å²) in [5.41, 5.74) is 20.6. The van der Waals surface area contributed by atoms with Crippen LogP contribution in [0.5, 0.6) is 0 Å². The van der Waals surface area contributed by atoms with Crippen LogP contribution < -0.4 is 22.5 Å². The molecule has 7 N–H and O–H groups in total. The minimum Gasteiger partial charge on any atom is -0.398 e. The van der Waals surface area contributed by atoms with Crippen LogP contribution in [0.2, 0.25) is 5.02 Å². The molecule has 8 nitrogen and oxygen atoms in total. The van der Waals surface area contributed by atoms with Crippen LogP contribution in [-0.2, 0) is 13.5 Å². The molecule has 0 bridgehead atoms. The van der Waals surface area contributed by atoms with Crippen molar-refractivity contribution in [1.82, 2.24) is 19.5 Å². The fourth-order valence-corrected chi connectivity index (χ4v) is 2.71. The zero-order valence-electron chi connectivity index (χ0n) is 14.1. The Labute approximate surface area is 150 Å². The van der Waals surface area contributed by atoms with Crippen LogP contribution in [0.25, 0.3) is 11.2 Å². The molecule has 0 fully saturated rings. The number of nitrogens with zero attached hydrogens (tertiary/aromatic N) is 4. The van der Waals surface area contributed by atoms with Crippen LogP contribution in [0.4, 0.5) is 17.5 Å². The maximum Gasteiger partial charge on any atom is 0.226 e. The molecule has 0 spiro atoms. The van der Waals surface area contributed by atoms with Gasteiger partial charge >= 0.3 is 0 Å². The molecule has 0 saturated carbocycles. The second-order valence-electron chi connectivity index (χ2n) is 6.07. The Kier molecular flexibility index (Phi) is 4.65. The third kappa shape index (κ3) is 3.59. The van der Waals surface area contributed by atoms with Crippen molar-refractivity contribution in [1.29, 1.82) is 0 Å². The number of halogens is 1. The summed E-state index contributed by atoms with van der Waals surface area (Å²) < 4.78 is 1.88. The Morgan fingerprint density at radius 1 is 1.24 bits per heavy atom. The van der Waals surface area contributed by atoms with Gasteiger partial charge in [0.15, 0.2) is 17.0 Å². The minimum atomic E-state index is -0.0200. The van der Waals surface area contributed by atoms with E-state index in [1.165, 1.54) is 0 Å². The highest BCUT2D eigenvalue weighted by Crippen LogP contribution is 2.24. The van der Waals surface area contributed by atoms with Crippen molar-refractivity contribution in [2.75, 3.05) is 23.3 Å². The molecule has 0 radical (unpaired) electrons. The zero-order chi connectivity index (χ0) is 18.1.